The van der Waals surface area contributed by atoms with E-state index in [1.807, 2.05) is 6.92 Å². The van der Waals surface area contributed by atoms with Crippen molar-refractivity contribution in [1.29, 1.82) is 0 Å². The molecule has 3 unspecified atom stereocenters. The van der Waals surface area contributed by atoms with E-state index in [-0.39, 0.29) is 12.2 Å². The molecule has 0 aromatic carbocycles. The molecule has 1 N–H and O–H groups in total. The molecule has 0 spiro atoms. The van der Waals surface area contributed by atoms with E-state index >= 15 is 0 Å². The summed E-state index contributed by atoms with van der Waals surface area (Å²) in [6.07, 6.45) is 7.42. The Kier molecular flexibility index (Phi) is 3.70. The van der Waals surface area contributed by atoms with Crippen molar-refractivity contribution in [1.82, 2.24) is 0 Å². The van der Waals surface area contributed by atoms with Gasteiger partial charge >= 0.3 is 0 Å². The Morgan fingerprint density at radius 3 is 2.45 bits per heavy atom. The van der Waals surface area contributed by atoms with Crippen molar-refractivity contribution in [3.63, 3.8) is 0 Å². The first-order valence-electron chi connectivity index (χ1n) is 8.71. The molecule has 0 radical (unpaired) electrons. The molecule has 0 saturated heterocycles. The number of aliphatic hydroxyl groups excluding tert-OH is 1. The monoisotopic (exact) mass is 280 g/mol. The lowest BCUT2D eigenvalue weighted by Crippen LogP contribution is -2.47. The Labute approximate surface area is 124 Å². The average molecular weight is 280 g/mol. The molecule has 0 heterocycles. The molecule has 2 heteroatoms. The second-order valence-electron chi connectivity index (χ2n) is 8.30. The molecule has 6 atom stereocenters. The van der Waals surface area contributed by atoms with E-state index < -0.39 is 0 Å². The van der Waals surface area contributed by atoms with E-state index in [4.69, 9.17) is 4.74 Å². The normalized spacial score (nSPS) is 50.5. The maximum absolute atomic E-state index is 10.8. The van der Waals surface area contributed by atoms with E-state index in [1.165, 1.54) is 32.1 Å². The third-order valence-corrected chi connectivity index (χ3v) is 7.60. The lowest BCUT2D eigenvalue weighted by atomic mass is 9.60. The summed E-state index contributed by atoms with van der Waals surface area (Å²) in [6.45, 7) is 10.2. The number of hydrogen-bond donors (Lipinski definition) is 1. The van der Waals surface area contributed by atoms with Crippen LogP contribution >= 0.6 is 0 Å². The van der Waals surface area contributed by atoms with Crippen molar-refractivity contribution >= 4 is 0 Å². The number of fused-ring (bicyclic) bond motifs is 2. The van der Waals surface area contributed by atoms with Crippen molar-refractivity contribution in [3.05, 3.63) is 0 Å². The predicted molar refractivity (Wildman–Crippen MR) is 81.5 cm³/mol. The maximum atomic E-state index is 10.8. The molecule has 0 aliphatic heterocycles. The van der Waals surface area contributed by atoms with Crippen LogP contribution in [-0.2, 0) is 4.74 Å². The third kappa shape index (κ3) is 1.90. The van der Waals surface area contributed by atoms with Crippen molar-refractivity contribution in [2.45, 2.75) is 78.4 Å². The van der Waals surface area contributed by atoms with Gasteiger partial charge in [0.05, 0.1) is 12.2 Å². The van der Waals surface area contributed by atoms with Gasteiger partial charge in [-0.05, 0) is 67.6 Å². The summed E-state index contributed by atoms with van der Waals surface area (Å²) in [7, 11) is 0. The summed E-state index contributed by atoms with van der Waals surface area (Å²) < 4.78 is 5.80. The molecule has 2 nitrogen and oxygen atoms in total. The minimum absolute atomic E-state index is 0.0876. The average Bonchev–Trinajstić information content (AvgIpc) is 2.74. The fourth-order valence-electron chi connectivity index (χ4n) is 5.92. The fraction of sp³-hybridized carbons (Fsp3) is 1.00. The molecule has 0 aromatic heterocycles. The lowest BCUT2D eigenvalue weighted by Gasteiger charge is -2.47. The van der Waals surface area contributed by atoms with Crippen molar-refractivity contribution in [2.24, 2.45) is 28.6 Å². The molecule has 3 rings (SSSR count). The highest BCUT2D eigenvalue weighted by atomic mass is 16.5. The lowest BCUT2D eigenvalue weighted by molar-refractivity contribution is -0.110. The van der Waals surface area contributed by atoms with Crippen molar-refractivity contribution in [3.8, 4) is 0 Å². The van der Waals surface area contributed by atoms with Gasteiger partial charge in [-0.1, -0.05) is 27.2 Å². The zero-order valence-corrected chi connectivity index (χ0v) is 13.7. The largest absolute Gasteiger partial charge is 0.390 e. The zero-order valence-electron chi connectivity index (χ0n) is 13.7. The Bertz CT molecular complexity index is 362. The number of ether oxygens (including phenoxy) is 1. The molecule has 3 saturated carbocycles. The second kappa shape index (κ2) is 4.98. The van der Waals surface area contributed by atoms with E-state index in [2.05, 4.69) is 20.8 Å². The molecule has 3 aliphatic carbocycles. The van der Waals surface area contributed by atoms with Gasteiger partial charge in [-0.15, -0.1) is 0 Å². The van der Waals surface area contributed by atoms with Crippen LogP contribution in [0.15, 0.2) is 0 Å². The van der Waals surface area contributed by atoms with Gasteiger partial charge in [-0.25, -0.2) is 0 Å². The summed E-state index contributed by atoms with van der Waals surface area (Å²) in [5, 5.41) is 10.8. The van der Waals surface area contributed by atoms with Crippen LogP contribution in [0.5, 0.6) is 0 Å². The van der Waals surface area contributed by atoms with Crippen LogP contribution in [0.25, 0.3) is 0 Å². The minimum Gasteiger partial charge on any atom is -0.390 e. The third-order valence-electron chi connectivity index (χ3n) is 7.60. The predicted octanol–water partition coefficient (Wildman–Crippen LogP) is 4.01. The topological polar surface area (TPSA) is 29.5 Å². The Morgan fingerprint density at radius 2 is 1.90 bits per heavy atom. The molecule has 116 valence electrons. The highest BCUT2D eigenvalue weighted by Gasteiger charge is 2.63. The van der Waals surface area contributed by atoms with Crippen molar-refractivity contribution < 1.29 is 9.84 Å². The van der Waals surface area contributed by atoms with Gasteiger partial charge in [0.15, 0.2) is 0 Å². The van der Waals surface area contributed by atoms with Crippen LogP contribution in [-0.4, -0.2) is 23.9 Å². The van der Waals surface area contributed by atoms with Crippen LogP contribution in [0.4, 0.5) is 0 Å². The maximum Gasteiger partial charge on any atom is 0.0836 e. The van der Waals surface area contributed by atoms with E-state index in [1.54, 1.807) is 0 Å². The summed E-state index contributed by atoms with van der Waals surface area (Å²) in [4.78, 5) is 0. The minimum atomic E-state index is -0.235. The van der Waals surface area contributed by atoms with Crippen molar-refractivity contribution in [2.75, 3.05) is 6.61 Å². The number of rotatable bonds is 3. The van der Waals surface area contributed by atoms with E-state index in [9.17, 15) is 5.11 Å². The van der Waals surface area contributed by atoms with Gasteiger partial charge in [0.2, 0.25) is 0 Å². The molecule has 0 amide bonds. The molecule has 20 heavy (non-hydrogen) atoms. The summed E-state index contributed by atoms with van der Waals surface area (Å²) in [5.41, 5.74) is 0.882. The Morgan fingerprint density at radius 1 is 1.15 bits per heavy atom. The molecular formula is C18H32O2. The highest BCUT2D eigenvalue weighted by Crippen LogP contribution is 2.70. The van der Waals surface area contributed by atoms with Crippen LogP contribution in [0, 0.1) is 28.6 Å². The highest BCUT2D eigenvalue weighted by molar-refractivity contribution is 5.12. The van der Waals surface area contributed by atoms with Gasteiger partial charge in [-0.3, -0.25) is 0 Å². The van der Waals surface area contributed by atoms with Gasteiger partial charge in [0.25, 0.3) is 0 Å². The van der Waals surface area contributed by atoms with Gasteiger partial charge in [-0.2, -0.15) is 0 Å². The summed E-state index contributed by atoms with van der Waals surface area (Å²) in [6, 6.07) is 0. The van der Waals surface area contributed by atoms with E-state index in [0.29, 0.717) is 22.7 Å². The van der Waals surface area contributed by atoms with E-state index in [0.717, 1.165) is 18.9 Å². The van der Waals surface area contributed by atoms with Crippen LogP contribution < -0.4 is 0 Å². The first-order chi connectivity index (χ1) is 9.41. The summed E-state index contributed by atoms with van der Waals surface area (Å²) in [5.74, 6) is 2.04. The fourth-order valence-corrected chi connectivity index (χ4v) is 5.92. The quantitative estimate of drug-likeness (QED) is 0.846. The smallest absolute Gasteiger partial charge is 0.0836 e. The summed E-state index contributed by atoms with van der Waals surface area (Å²) >= 11 is 0. The van der Waals surface area contributed by atoms with Crippen LogP contribution in [0.3, 0.4) is 0 Å². The SMILES string of the molecule is CCOC1CCCC([C@@H]2C[C@H]3CC[C@]2(C)C3(C)C)C1O. The van der Waals surface area contributed by atoms with Crippen LogP contribution in [0.2, 0.25) is 0 Å². The van der Waals surface area contributed by atoms with Gasteiger partial charge < -0.3 is 9.84 Å². The molecule has 2 bridgehead atoms. The first kappa shape index (κ1) is 14.8. The molecular weight excluding hydrogens is 248 g/mol. The Hall–Kier alpha value is -0.0800. The zero-order chi connectivity index (χ0) is 14.5. The molecule has 0 aromatic rings. The standard InChI is InChI=1S/C18H32O2/c1-5-20-15-8-6-7-13(16(15)19)14-11-12-9-10-18(14,4)17(12,2)3/h12-16,19H,5-11H2,1-4H3/t12-,13?,14+,15?,16?,18+/m1/s1. The van der Waals surface area contributed by atoms with Crippen LogP contribution in [0.1, 0.15) is 66.2 Å². The second-order valence-corrected chi connectivity index (χ2v) is 8.30. The molecule has 3 aliphatic rings. The first-order valence-corrected chi connectivity index (χ1v) is 8.71. The van der Waals surface area contributed by atoms with Gasteiger partial charge in [0.1, 0.15) is 0 Å². The Balaban J connectivity index is 1.80. The molecule has 3 fully saturated rings. The number of hydrogen-bond acceptors (Lipinski definition) is 2. The van der Waals surface area contributed by atoms with Gasteiger partial charge in [0, 0.05) is 6.61 Å². The number of aliphatic hydroxyl groups is 1.